The topological polar surface area (TPSA) is 42.7 Å². The minimum Gasteiger partial charge on any atom is -0.302 e. The van der Waals surface area contributed by atoms with Gasteiger partial charge >= 0.3 is 0 Å². The van der Waals surface area contributed by atoms with Gasteiger partial charge in [0.25, 0.3) is 0 Å². The van der Waals surface area contributed by atoms with Crippen molar-refractivity contribution in [2.45, 2.75) is 32.9 Å². The molecule has 0 aliphatic carbocycles. The van der Waals surface area contributed by atoms with Crippen molar-refractivity contribution in [2.24, 2.45) is 7.05 Å². The Labute approximate surface area is 106 Å². The van der Waals surface area contributed by atoms with Gasteiger partial charge in [-0.1, -0.05) is 6.92 Å². The van der Waals surface area contributed by atoms with Crippen LogP contribution < -0.4 is 5.32 Å². The average molecular weight is 250 g/mol. The molecular weight excluding hydrogens is 232 g/mol. The first-order valence-electron chi connectivity index (χ1n) is 5.85. The Morgan fingerprint density at radius 1 is 1.53 bits per heavy atom. The summed E-state index contributed by atoms with van der Waals surface area (Å²) in [5.74, 6) is 0. The van der Waals surface area contributed by atoms with E-state index in [1.54, 1.807) is 11.3 Å². The molecule has 92 valence electrons. The maximum Gasteiger partial charge on any atom is 0.109 e. The standard InChI is InChI=1S/C12H18N4S/c1-4-11-8-14-12(17-11)9(2)13-7-10-5-6-15-16(10)3/h5-6,8-9,13H,4,7H2,1-3H3. The molecule has 0 amide bonds. The van der Waals surface area contributed by atoms with Crippen molar-refractivity contribution >= 4 is 11.3 Å². The highest BCUT2D eigenvalue weighted by Crippen LogP contribution is 2.20. The van der Waals surface area contributed by atoms with Crippen molar-refractivity contribution in [2.75, 3.05) is 0 Å². The van der Waals surface area contributed by atoms with E-state index in [2.05, 4.69) is 29.2 Å². The molecule has 0 aliphatic rings. The second-order valence-electron chi connectivity index (χ2n) is 4.07. The molecule has 2 heterocycles. The maximum absolute atomic E-state index is 4.44. The lowest BCUT2D eigenvalue weighted by molar-refractivity contribution is 0.546. The van der Waals surface area contributed by atoms with Crippen molar-refractivity contribution in [1.29, 1.82) is 0 Å². The number of hydrogen-bond donors (Lipinski definition) is 1. The molecule has 0 aliphatic heterocycles. The molecule has 1 N–H and O–H groups in total. The lowest BCUT2D eigenvalue weighted by Crippen LogP contribution is -2.19. The first-order valence-corrected chi connectivity index (χ1v) is 6.67. The fourth-order valence-corrected chi connectivity index (χ4v) is 2.49. The molecule has 17 heavy (non-hydrogen) atoms. The molecule has 0 bridgehead atoms. The van der Waals surface area contributed by atoms with Gasteiger partial charge in [-0.05, 0) is 19.4 Å². The van der Waals surface area contributed by atoms with Gasteiger partial charge in [0, 0.05) is 30.9 Å². The van der Waals surface area contributed by atoms with E-state index in [-0.39, 0.29) is 6.04 Å². The third-order valence-corrected chi connectivity index (χ3v) is 4.13. The Hall–Kier alpha value is -1.20. The van der Waals surface area contributed by atoms with Crippen LogP contribution in [0.25, 0.3) is 0 Å². The summed E-state index contributed by atoms with van der Waals surface area (Å²) in [4.78, 5) is 5.78. The van der Waals surface area contributed by atoms with E-state index in [1.165, 1.54) is 10.6 Å². The lowest BCUT2D eigenvalue weighted by atomic mass is 10.3. The minimum atomic E-state index is 0.287. The van der Waals surface area contributed by atoms with Crippen molar-refractivity contribution in [1.82, 2.24) is 20.1 Å². The third-order valence-electron chi connectivity index (χ3n) is 2.80. The monoisotopic (exact) mass is 250 g/mol. The highest BCUT2D eigenvalue weighted by Gasteiger charge is 2.10. The van der Waals surface area contributed by atoms with E-state index in [0.717, 1.165) is 18.0 Å². The fourth-order valence-electron chi connectivity index (χ4n) is 1.61. The van der Waals surface area contributed by atoms with Crippen molar-refractivity contribution in [3.8, 4) is 0 Å². The van der Waals surface area contributed by atoms with E-state index in [1.807, 2.05) is 30.2 Å². The zero-order valence-corrected chi connectivity index (χ0v) is 11.3. The van der Waals surface area contributed by atoms with Crippen LogP contribution in [0.2, 0.25) is 0 Å². The predicted octanol–water partition coefficient (Wildman–Crippen LogP) is 2.29. The summed E-state index contributed by atoms with van der Waals surface area (Å²) < 4.78 is 1.89. The molecule has 2 aromatic rings. The number of aryl methyl sites for hydroxylation is 2. The first kappa shape index (κ1) is 12.3. The lowest BCUT2D eigenvalue weighted by Gasteiger charge is -2.10. The van der Waals surface area contributed by atoms with Crippen LogP contribution in [-0.4, -0.2) is 14.8 Å². The van der Waals surface area contributed by atoms with E-state index in [9.17, 15) is 0 Å². The first-order chi connectivity index (χ1) is 8.20. The second-order valence-corrected chi connectivity index (χ2v) is 5.21. The minimum absolute atomic E-state index is 0.287. The van der Waals surface area contributed by atoms with Gasteiger partial charge in [0.15, 0.2) is 0 Å². The van der Waals surface area contributed by atoms with Crippen LogP contribution in [0.1, 0.15) is 35.5 Å². The van der Waals surface area contributed by atoms with Crippen LogP contribution in [0, 0.1) is 0 Å². The van der Waals surface area contributed by atoms with Gasteiger partial charge in [-0.15, -0.1) is 11.3 Å². The summed E-state index contributed by atoms with van der Waals surface area (Å²) in [6.07, 6.45) is 4.86. The van der Waals surface area contributed by atoms with E-state index < -0.39 is 0 Å². The largest absolute Gasteiger partial charge is 0.302 e. The third kappa shape index (κ3) is 2.92. The summed E-state index contributed by atoms with van der Waals surface area (Å²) in [7, 11) is 1.96. The van der Waals surface area contributed by atoms with Gasteiger partial charge in [-0.25, -0.2) is 4.98 Å². The Morgan fingerprint density at radius 2 is 2.35 bits per heavy atom. The van der Waals surface area contributed by atoms with Crippen LogP contribution >= 0.6 is 11.3 Å². The van der Waals surface area contributed by atoms with Crippen LogP contribution in [0.3, 0.4) is 0 Å². The van der Waals surface area contributed by atoms with Crippen molar-refractivity contribution < 1.29 is 0 Å². The fraction of sp³-hybridized carbons (Fsp3) is 0.500. The van der Waals surface area contributed by atoms with E-state index >= 15 is 0 Å². The number of nitrogens with one attached hydrogen (secondary N) is 1. The molecule has 0 spiro atoms. The molecular formula is C12H18N4S. The quantitative estimate of drug-likeness (QED) is 0.885. The average Bonchev–Trinajstić information content (AvgIpc) is 2.94. The van der Waals surface area contributed by atoms with Crippen LogP contribution in [-0.2, 0) is 20.0 Å². The summed E-state index contributed by atoms with van der Waals surface area (Å²) in [5, 5.41) is 8.77. The van der Waals surface area contributed by atoms with Gasteiger partial charge in [0.2, 0.25) is 0 Å². The van der Waals surface area contributed by atoms with Crippen LogP contribution in [0.5, 0.6) is 0 Å². The second kappa shape index (κ2) is 5.42. The van der Waals surface area contributed by atoms with Crippen LogP contribution in [0.4, 0.5) is 0 Å². The van der Waals surface area contributed by atoms with Crippen LogP contribution in [0.15, 0.2) is 18.5 Å². The predicted molar refractivity (Wildman–Crippen MR) is 70.0 cm³/mol. The zero-order valence-electron chi connectivity index (χ0n) is 10.5. The molecule has 1 atom stereocenters. The van der Waals surface area contributed by atoms with Crippen molar-refractivity contribution in [3.05, 3.63) is 34.0 Å². The van der Waals surface area contributed by atoms with Crippen molar-refractivity contribution in [3.63, 3.8) is 0 Å². The van der Waals surface area contributed by atoms with E-state index in [0.29, 0.717) is 0 Å². The maximum atomic E-state index is 4.44. The van der Waals surface area contributed by atoms with Gasteiger partial charge in [0.05, 0.1) is 11.7 Å². The molecule has 1 unspecified atom stereocenters. The normalized spacial score (nSPS) is 12.9. The smallest absolute Gasteiger partial charge is 0.109 e. The van der Waals surface area contributed by atoms with Gasteiger partial charge < -0.3 is 5.32 Å². The Bertz CT molecular complexity index is 474. The molecule has 2 aromatic heterocycles. The number of hydrogen-bond acceptors (Lipinski definition) is 4. The highest BCUT2D eigenvalue weighted by atomic mass is 32.1. The zero-order chi connectivity index (χ0) is 12.3. The molecule has 0 aromatic carbocycles. The SMILES string of the molecule is CCc1cnc(C(C)NCc2ccnn2C)s1. The number of nitrogens with zero attached hydrogens (tertiary/aromatic N) is 3. The Balaban J connectivity index is 1.93. The molecule has 0 fully saturated rings. The molecule has 4 nitrogen and oxygen atoms in total. The summed E-state index contributed by atoms with van der Waals surface area (Å²) in [6.45, 7) is 5.12. The number of rotatable bonds is 5. The van der Waals surface area contributed by atoms with E-state index in [4.69, 9.17) is 0 Å². The Morgan fingerprint density at radius 3 is 2.94 bits per heavy atom. The molecule has 5 heteroatoms. The van der Waals surface area contributed by atoms with Gasteiger partial charge in [0.1, 0.15) is 5.01 Å². The summed E-state index contributed by atoms with van der Waals surface area (Å²) in [5.41, 5.74) is 1.18. The molecule has 2 rings (SSSR count). The van der Waals surface area contributed by atoms with Gasteiger partial charge in [-0.2, -0.15) is 5.10 Å². The highest BCUT2D eigenvalue weighted by molar-refractivity contribution is 7.11. The Kier molecular flexibility index (Phi) is 3.91. The molecule has 0 saturated carbocycles. The molecule has 0 radical (unpaired) electrons. The summed E-state index contributed by atoms with van der Waals surface area (Å²) >= 11 is 1.79. The molecule has 0 saturated heterocycles. The summed E-state index contributed by atoms with van der Waals surface area (Å²) in [6, 6.07) is 2.31. The van der Waals surface area contributed by atoms with Gasteiger partial charge in [-0.3, -0.25) is 4.68 Å². The number of aromatic nitrogens is 3. The number of thiazole rings is 1.